The van der Waals surface area contributed by atoms with Crippen molar-refractivity contribution in [1.82, 2.24) is 5.32 Å². The second-order valence-electron chi connectivity index (χ2n) is 8.98. The number of hydrogen-bond donors (Lipinski definition) is 2. The van der Waals surface area contributed by atoms with Crippen LogP contribution in [0.4, 0.5) is 0 Å². The quantitative estimate of drug-likeness (QED) is 0.509. The van der Waals surface area contributed by atoms with Crippen molar-refractivity contribution < 1.29 is 33.6 Å². The first-order valence-electron chi connectivity index (χ1n) is 12.5. The number of nitrogens with zero attached hydrogens (tertiary/aromatic N) is 1. The van der Waals surface area contributed by atoms with Gasteiger partial charge in [-0.05, 0) is 47.7 Å². The van der Waals surface area contributed by atoms with Gasteiger partial charge in [-0.1, -0.05) is 37.3 Å². The number of aliphatic carboxylic acids is 1. The van der Waals surface area contributed by atoms with Gasteiger partial charge in [0.25, 0.3) is 0 Å². The van der Waals surface area contributed by atoms with Crippen LogP contribution in [-0.4, -0.2) is 58.1 Å². The number of methoxy groups -OCH3 is 4. The Balaban J connectivity index is 1.93. The van der Waals surface area contributed by atoms with E-state index in [1.165, 1.54) is 7.11 Å². The molecule has 0 saturated heterocycles. The zero-order valence-electron chi connectivity index (χ0n) is 22.3. The zero-order valence-corrected chi connectivity index (χ0v) is 22.3. The molecule has 2 heterocycles. The predicted molar refractivity (Wildman–Crippen MR) is 142 cm³/mol. The molecule has 0 bridgehead atoms. The summed E-state index contributed by atoms with van der Waals surface area (Å²) in [4.78, 5) is 17.6. The molecule has 0 saturated carbocycles. The van der Waals surface area contributed by atoms with Crippen molar-refractivity contribution in [3.8, 4) is 11.5 Å². The van der Waals surface area contributed by atoms with Crippen LogP contribution in [0.5, 0.6) is 11.5 Å². The van der Waals surface area contributed by atoms with E-state index < -0.39 is 17.6 Å². The van der Waals surface area contributed by atoms with E-state index in [2.05, 4.69) is 10.3 Å². The maximum absolute atomic E-state index is 13.1. The molecule has 0 fully saturated rings. The maximum Gasteiger partial charge on any atom is 0.347 e. The zero-order chi connectivity index (χ0) is 27.3. The van der Waals surface area contributed by atoms with Gasteiger partial charge in [-0.3, -0.25) is 5.32 Å². The molecule has 2 aliphatic heterocycles. The molecule has 9 heteroatoms. The molecule has 0 amide bonds. The minimum atomic E-state index is -1.41. The summed E-state index contributed by atoms with van der Waals surface area (Å²) in [5.74, 6) is 0.773. The number of allylic oxidation sites excluding steroid dienone is 1. The summed E-state index contributed by atoms with van der Waals surface area (Å²) >= 11 is 0. The largest absolute Gasteiger partial charge is 0.500 e. The molecular formula is C29H34N2O7. The average molecular weight is 523 g/mol. The van der Waals surface area contributed by atoms with Crippen molar-refractivity contribution in [2.75, 3.05) is 35.0 Å². The number of carbonyl (C=O) groups is 1. The lowest BCUT2D eigenvalue weighted by Crippen LogP contribution is -2.59. The van der Waals surface area contributed by atoms with Gasteiger partial charge >= 0.3 is 5.97 Å². The van der Waals surface area contributed by atoms with Crippen molar-refractivity contribution in [2.45, 2.75) is 31.4 Å². The van der Waals surface area contributed by atoms with Crippen LogP contribution in [0.25, 0.3) is 0 Å². The normalized spacial score (nSPS) is 21.5. The molecular weight excluding hydrogens is 488 g/mol. The van der Waals surface area contributed by atoms with Gasteiger partial charge in [-0.2, -0.15) is 4.99 Å². The highest BCUT2D eigenvalue weighted by atomic mass is 16.5. The third-order valence-electron chi connectivity index (χ3n) is 7.00. The van der Waals surface area contributed by atoms with Gasteiger partial charge in [0.1, 0.15) is 11.3 Å². The molecule has 202 valence electrons. The lowest BCUT2D eigenvalue weighted by Gasteiger charge is -2.44. The molecule has 38 heavy (non-hydrogen) atoms. The highest BCUT2D eigenvalue weighted by Gasteiger charge is 2.51. The van der Waals surface area contributed by atoms with E-state index in [-0.39, 0.29) is 17.7 Å². The number of benzene rings is 2. The molecule has 0 spiro atoms. The van der Waals surface area contributed by atoms with Crippen molar-refractivity contribution in [1.29, 1.82) is 0 Å². The number of nitrogens with one attached hydrogen (secondary N) is 1. The molecule has 2 aromatic carbocycles. The summed E-state index contributed by atoms with van der Waals surface area (Å²) in [6.45, 7) is 2.52. The first-order valence-corrected chi connectivity index (χ1v) is 12.5. The van der Waals surface area contributed by atoms with Crippen LogP contribution >= 0.6 is 0 Å². The molecule has 0 aliphatic carbocycles. The Morgan fingerprint density at radius 2 is 1.79 bits per heavy atom. The van der Waals surface area contributed by atoms with E-state index in [1.807, 2.05) is 49.4 Å². The SMILES string of the molecule is CCC1C=C(O[C@H](C(=O)O)[C@@]2(c3ccccc3)NCCc3cc(OC)c(OC)cc32)N=C(OC)C=C1OC. The Morgan fingerprint density at radius 3 is 2.39 bits per heavy atom. The number of carboxylic acid groups (broad SMARTS) is 1. The molecule has 0 radical (unpaired) electrons. The van der Waals surface area contributed by atoms with Crippen LogP contribution in [0.1, 0.15) is 30.0 Å². The standard InChI is InChI=1S/C29H34N2O7/c1-6-18-15-26(31-25(37-5)17-22(18)34-2)38-27(28(32)33)29(20-10-8-7-9-11-20)21-16-24(36-4)23(35-3)14-19(21)12-13-30-29/h7-11,14-18,27,30H,6,12-13H2,1-5H3,(H,32,33)/t18?,27-,29+/m1/s1. The molecule has 2 aromatic rings. The van der Waals surface area contributed by atoms with E-state index in [0.29, 0.717) is 36.6 Å². The summed E-state index contributed by atoms with van der Waals surface area (Å²) in [7, 11) is 6.20. The molecule has 2 N–H and O–H groups in total. The van der Waals surface area contributed by atoms with Gasteiger partial charge in [-0.25, -0.2) is 4.79 Å². The monoisotopic (exact) mass is 522 g/mol. The number of fused-ring (bicyclic) bond motifs is 1. The van der Waals surface area contributed by atoms with E-state index in [1.54, 1.807) is 33.5 Å². The maximum atomic E-state index is 13.1. The van der Waals surface area contributed by atoms with Crippen molar-refractivity contribution >= 4 is 11.9 Å². The van der Waals surface area contributed by atoms with E-state index in [0.717, 1.165) is 16.7 Å². The Hall–Kier alpha value is -3.98. The number of rotatable bonds is 9. The lowest BCUT2D eigenvalue weighted by molar-refractivity contribution is -0.152. The minimum Gasteiger partial charge on any atom is -0.500 e. The average Bonchev–Trinajstić information content (AvgIpc) is 3.13. The fourth-order valence-corrected chi connectivity index (χ4v) is 5.13. The second kappa shape index (κ2) is 11.6. The van der Waals surface area contributed by atoms with E-state index in [4.69, 9.17) is 23.7 Å². The van der Waals surface area contributed by atoms with Crippen LogP contribution in [-0.2, 0) is 31.0 Å². The van der Waals surface area contributed by atoms with Gasteiger partial charge in [0.2, 0.25) is 17.9 Å². The van der Waals surface area contributed by atoms with Crippen LogP contribution in [0, 0.1) is 5.92 Å². The number of aliphatic imine (C=N–C) groups is 1. The number of hydrogen-bond acceptors (Lipinski definition) is 8. The Labute approximate surface area is 222 Å². The van der Waals surface area contributed by atoms with E-state index >= 15 is 0 Å². The molecule has 3 atom stereocenters. The Kier molecular flexibility index (Phi) is 8.26. The van der Waals surface area contributed by atoms with Gasteiger partial charge in [0.15, 0.2) is 11.5 Å². The summed E-state index contributed by atoms with van der Waals surface area (Å²) < 4.78 is 28.5. The lowest BCUT2D eigenvalue weighted by atomic mass is 9.73. The van der Waals surface area contributed by atoms with Crippen molar-refractivity contribution in [2.24, 2.45) is 10.9 Å². The Morgan fingerprint density at radius 1 is 1.08 bits per heavy atom. The molecule has 4 rings (SSSR count). The molecule has 0 aromatic heterocycles. The molecule has 1 unspecified atom stereocenters. The van der Waals surface area contributed by atoms with Crippen LogP contribution in [0.3, 0.4) is 0 Å². The molecule has 9 nitrogen and oxygen atoms in total. The van der Waals surface area contributed by atoms with Gasteiger partial charge in [0.05, 0.1) is 28.4 Å². The summed E-state index contributed by atoms with van der Waals surface area (Å²) in [6, 6.07) is 13.2. The topological polar surface area (TPSA) is 108 Å². The van der Waals surface area contributed by atoms with Crippen molar-refractivity contribution in [3.05, 3.63) is 82.9 Å². The van der Waals surface area contributed by atoms with Crippen LogP contribution < -0.4 is 14.8 Å². The van der Waals surface area contributed by atoms with E-state index in [9.17, 15) is 9.90 Å². The number of carboxylic acids is 1. The summed E-state index contributed by atoms with van der Waals surface area (Å²) in [5.41, 5.74) is 1.13. The Bertz CT molecular complexity index is 1260. The van der Waals surface area contributed by atoms with Gasteiger partial charge in [0, 0.05) is 18.5 Å². The van der Waals surface area contributed by atoms with Gasteiger partial charge < -0.3 is 28.8 Å². The fourth-order valence-electron chi connectivity index (χ4n) is 5.13. The number of ether oxygens (including phenoxy) is 5. The first kappa shape index (κ1) is 27.1. The highest BCUT2D eigenvalue weighted by Crippen LogP contribution is 2.44. The summed E-state index contributed by atoms with van der Waals surface area (Å²) in [5, 5.41) is 14.2. The highest BCUT2D eigenvalue weighted by molar-refractivity contribution is 5.89. The van der Waals surface area contributed by atoms with Crippen LogP contribution in [0.2, 0.25) is 0 Å². The van der Waals surface area contributed by atoms with Crippen molar-refractivity contribution in [3.63, 3.8) is 0 Å². The molecule has 2 aliphatic rings. The smallest absolute Gasteiger partial charge is 0.347 e. The third kappa shape index (κ3) is 4.93. The third-order valence-corrected chi connectivity index (χ3v) is 7.00. The second-order valence-corrected chi connectivity index (χ2v) is 8.98. The summed E-state index contributed by atoms with van der Waals surface area (Å²) in [6.07, 6.45) is 3.42. The fraction of sp³-hybridized carbons (Fsp3) is 0.379. The van der Waals surface area contributed by atoms with Crippen LogP contribution in [0.15, 0.2) is 71.3 Å². The predicted octanol–water partition coefficient (Wildman–Crippen LogP) is 4.02. The van der Waals surface area contributed by atoms with Gasteiger partial charge in [-0.15, -0.1) is 0 Å². The first-order chi connectivity index (χ1) is 18.4. The minimum absolute atomic E-state index is 0.133.